The smallest absolute Gasteiger partial charge is 0.303 e. The number of hydrogen-bond acceptors (Lipinski definition) is 10. The molecule has 1 fully saturated rings. The van der Waals surface area contributed by atoms with Gasteiger partial charge < -0.3 is 29.2 Å². The molecule has 0 saturated heterocycles. The molecule has 10 nitrogen and oxygen atoms in total. The van der Waals surface area contributed by atoms with Crippen LogP contribution < -0.4 is 0 Å². The fourth-order valence-electron chi connectivity index (χ4n) is 2.46. The van der Waals surface area contributed by atoms with Crippen LogP contribution in [0.4, 0.5) is 0 Å². The second-order valence-corrected chi connectivity index (χ2v) is 5.28. The lowest BCUT2D eigenvalue weighted by atomic mass is 9.84. The second-order valence-electron chi connectivity index (χ2n) is 5.28. The number of ether oxygens (including phenoxy) is 4. The molecule has 1 rings (SSSR count). The van der Waals surface area contributed by atoms with Gasteiger partial charge in [0.25, 0.3) is 0 Å². The van der Waals surface area contributed by atoms with Crippen LogP contribution in [0.3, 0.4) is 0 Å². The lowest BCUT2D eigenvalue weighted by Crippen LogP contribution is -2.67. The molecule has 0 radical (unpaired) electrons. The molecule has 0 aromatic rings. The Morgan fingerprint density at radius 3 is 0.958 bits per heavy atom. The van der Waals surface area contributed by atoms with Crippen molar-refractivity contribution in [2.24, 2.45) is 0 Å². The van der Waals surface area contributed by atoms with E-state index in [-0.39, 0.29) is 0 Å². The average Bonchev–Trinajstić information content (AvgIpc) is 2.42. The molecule has 10 heteroatoms. The van der Waals surface area contributed by atoms with Crippen molar-refractivity contribution in [1.29, 1.82) is 0 Å². The molecule has 0 heterocycles. The van der Waals surface area contributed by atoms with E-state index < -0.39 is 60.5 Å². The number of hydrogen-bond donors (Lipinski definition) is 2. The monoisotopic (exact) mass is 348 g/mol. The summed E-state index contributed by atoms with van der Waals surface area (Å²) in [6.07, 6.45) is -9.46. The Bertz CT molecular complexity index is 470. The van der Waals surface area contributed by atoms with Crippen LogP contribution in [0.25, 0.3) is 0 Å². The summed E-state index contributed by atoms with van der Waals surface area (Å²) in [6.45, 7) is 4.19. The van der Waals surface area contributed by atoms with Gasteiger partial charge in [0.1, 0.15) is 12.2 Å². The van der Waals surface area contributed by atoms with E-state index in [0.717, 1.165) is 27.7 Å². The fourth-order valence-corrected chi connectivity index (χ4v) is 2.46. The van der Waals surface area contributed by atoms with Gasteiger partial charge in [-0.2, -0.15) is 0 Å². The van der Waals surface area contributed by atoms with E-state index >= 15 is 0 Å². The average molecular weight is 348 g/mol. The number of aliphatic hydroxyl groups excluding tert-OH is 2. The largest absolute Gasteiger partial charge is 0.456 e. The highest BCUT2D eigenvalue weighted by Crippen LogP contribution is 2.30. The van der Waals surface area contributed by atoms with Crippen LogP contribution in [-0.4, -0.2) is 70.7 Å². The minimum absolute atomic E-state index is 0.820. The molecular formula is C14H20O10. The van der Waals surface area contributed by atoms with E-state index in [2.05, 4.69) is 0 Å². The second kappa shape index (κ2) is 8.06. The highest BCUT2D eigenvalue weighted by Gasteiger charge is 2.56. The van der Waals surface area contributed by atoms with E-state index in [4.69, 9.17) is 18.9 Å². The molecule has 24 heavy (non-hydrogen) atoms. The molecule has 0 unspecified atom stereocenters. The van der Waals surface area contributed by atoms with E-state index in [1.54, 1.807) is 0 Å². The molecule has 0 amide bonds. The molecule has 0 spiro atoms. The number of carbonyl (C=O) groups is 4. The molecule has 0 bridgehead atoms. The Morgan fingerprint density at radius 1 is 0.542 bits per heavy atom. The minimum atomic E-state index is -1.74. The van der Waals surface area contributed by atoms with Crippen molar-refractivity contribution in [2.45, 2.75) is 64.3 Å². The zero-order chi connectivity index (χ0) is 18.6. The summed E-state index contributed by atoms with van der Waals surface area (Å²) in [5.41, 5.74) is 0. The van der Waals surface area contributed by atoms with Crippen LogP contribution in [0.5, 0.6) is 0 Å². The summed E-state index contributed by atoms with van der Waals surface area (Å²) in [5, 5.41) is 20.3. The van der Waals surface area contributed by atoms with Crippen LogP contribution in [0.15, 0.2) is 0 Å². The highest BCUT2D eigenvalue weighted by atomic mass is 16.6. The Hall–Kier alpha value is -2.20. The van der Waals surface area contributed by atoms with E-state index in [9.17, 15) is 29.4 Å². The Kier molecular flexibility index (Phi) is 6.67. The minimum Gasteiger partial charge on any atom is -0.456 e. The molecule has 0 aromatic carbocycles. The molecule has 2 N–H and O–H groups in total. The molecule has 1 aliphatic carbocycles. The van der Waals surface area contributed by atoms with Gasteiger partial charge in [-0.15, -0.1) is 0 Å². The maximum absolute atomic E-state index is 11.3. The third kappa shape index (κ3) is 4.90. The normalized spacial score (nSPS) is 32.4. The van der Waals surface area contributed by atoms with E-state index in [0.29, 0.717) is 0 Å². The van der Waals surface area contributed by atoms with Gasteiger partial charge in [-0.05, 0) is 0 Å². The van der Waals surface area contributed by atoms with E-state index in [1.807, 2.05) is 0 Å². The van der Waals surface area contributed by atoms with Crippen LogP contribution in [0.2, 0.25) is 0 Å². The molecular weight excluding hydrogens is 328 g/mol. The van der Waals surface area contributed by atoms with Gasteiger partial charge in [-0.25, -0.2) is 0 Å². The first-order valence-electron chi connectivity index (χ1n) is 7.09. The Balaban J connectivity index is 3.28. The van der Waals surface area contributed by atoms with E-state index in [1.165, 1.54) is 0 Å². The van der Waals surface area contributed by atoms with Crippen molar-refractivity contribution >= 4 is 23.9 Å². The quantitative estimate of drug-likeness (QED) is 0.452. The van der Waals surface area contributed by atoms with Gasteiger partial charge in [0.05, 0.1) is 0 Å². The van der Waals surface area contributed by atoms with Crippen molar-refractivity contribution in [2.75, 3.05) is 0 Å². The van der Waals surface area contributed by atoms with Crippen molar-refractivity contribution in [3.05, 3.63) is 0 Å². The van der Waals surface area contributed by atoms with Gasteiger partial charge in [0, 0.05) is 27.7 Å². The standard InChI is InChI=1S/C14H20O10/c1-5(15)21-11-9(19)10(20)12(22-6(2)16)14(24-8(4)18)13(11)23-7(3)17/h9-14,19-20H,1-4H3/t9-,10+,11-,12-,13+,14-/m1/s1. The topological polar surface area (TPSA) is 146 Å². The van der Waals surface area contributed by atoms with Gasteiger partial charge in [0.2, 0.25) is 0 Å². The number of carbonyl (C=O) groups excluding carboxylic acids is 4. The van der Waals surface area contributed by atoms with Crippen molar-refractivity contribution in [1.82, 2.24) is 0 Å². The van der Waals surface area contributed by atoms with Crippen LogP contribution in [-0.2, 0) is 38.1 Å². The summed E-state index contributed by atoms with van der Waals surface area (Å²) in [5.74, 6) is -3.29. The van der Waals surface area contributed by atoms with Crippen molar-refractivity contribution in [3.8, 4) is 0 Å². The lowest BCUT2D eigenvalue weighted by molar-refractivity contribution is -0.251. The molecule has 6 atom stereocenters. The van der Waals surface area contributed by atoms with Gasteiger partial charge >= 0.3 is 23.9 Å². The van der Waals surface area contributed by atoms with Gasteiger partial charge in [-0.1, -0.05) is 0 Å². The van der Waals surface area contributed by atoms with Crippen LogP contribution in [0.1, 0.15) is 27.7 Å². The van der Waals surface area contributed by atoms with Crippen LogP contribution in [0, 0.1) is 0 Å². The Labute approximate surface area is 137 Å². The zero-order valence-corrected chi connectivity index (χ0v) is 13.6. The molecule has 1 saturated carbocycles. The summed E-state index contributed by atoms with van der Waals surface area (Å²) in [4.78, 5) is 45.1. The summed E-state index contributed by atoms with van der Waals surface area (Å²) < 4.78 is 19.8. The summed E-state index contributed by atoms with van der Waals surface area (Å²) in [7, 11) is 0. The predicted molar refractivity (Wildman–Crippen MR) is 74.2 cm³/mol. The fraction of sp³-hybridized carbons (Fsp3) is 0.714. The molecule has 0 aromatic heterocycles. The maximum Gasteiger partial charge on any atom is 0.303 e. The van der Waals surface area contributed by atoms with Gasteiger partial charge in [0.15, 0.2) is 24.4 Å². The van der Waals surface area contributed by atoms with Crippen molar-refractivity contribution in [3.63, 3.8) is 0 Å². The zero-order valence-electron chi connectivity index (χ0n) is 13.6. The number of rotatable bonds is 4. The SMILES string of the molecule is CC(=O)O[C@@H]1[C@H](OC(C)=O)[C@H](OC(C)=O)[C@@H](O)[C@@H](O)[C@H]1OC(C)=O. The third-order valence-electron chi connectivity index (χ3n) is 3.20. The first-order chi connectivity index (χ1) is 11.0. The first-order valence-corrected chi connectivity index (χ1v) is 7.09. The lowest BCUT2D eigenvalue weighted by Gasteiger charge is -2.44. The molecule has 1 aliphatic rings. The predicted octanol–water partition coefficient (Wildman–Crippen LogP) is -1.55. The van der Waals surface area contributed by atoms with Crippen LogP contribution >= 0.6 is 0 Å². The summed E-state index contributed by atoms with van der Waals surface area (Å²) >= 11 is 0. The van der Waals surface area contributed by atoms with Gasteiger partial charge in [-0.3, -0.25) is 19.2 Å². The number of aliphatic hydroxyl groups is 2. The van der Waals surface area contributed by atoms with Crippen molar-refractivity contribution < 1.29 is 48.3 Å². The molecule has 0 aliphatic heterocycles. The third-order valence-corrected chi connectivity index (χ3v) is 3.20. The number of esters is 4. The summed E-state index contributed by atoms with van der Waals surface area (Å²) in [6, 6.07) is 0. The first kappa shape index (κ1) is 19.8. The highest BCUT2D eigenvalue weighted by molar-refractivity contribution is 5.69. The molecule has 136 valence electrons. The maximum atomic E-state index is 11.3. The Morgan fingerprint density at radius 2 is 0.750 bits per heavy atom.